The number of halogens is 1. The summed E-state index contributed by atoms with van der Waals surface area (Å²) < 4.78 is 6.04. The molecule has 0 heterocycles. The zero-order valence-electron chi connectivity index (χ0n) is 8.16. The molecule has 0 bridgehead atoms. The molecule has 4 nitrogen and oxygen atoms in total. The van der Waals surface area contributed by atoms with E-state index in [1.165, 1.54) is 6.08 Å². The Bertz CT molecular complexity index is 391. The van der Waals surface area contributed by atoms with Crippen LogP contribution in [0.5, 0.6) is 5.75 Å². The highest BCUT2D eigenvalue weighted by atomic mass is 79.9. The molecule has 0 aliphatic rings. The number of hydrogen-bond acceptors (Lipinski definition) is 3. The van der Waals surface area contributed by atoms with Crippen LogP contribution < -0.4 is 16.0 Å². The second-order valence-corrected chi connectivity index (χ2v) is 3.64. The molecular formula is C10H11BrN2O2. The average molecular weight is 271 g/mol. The van der Waals surface area contributed by atoms with Crippen molar-refractivity contribution in [3.63, 3.8) is 0 Å². The lowest BCUT2D eigenvalue weighted by molar-refractivity contribution is -0.116. The highest BCUT2D eigenvalue weighted by Crippen LogP contribution is 2.23. The van der Waals surface area contributed by atoms with Crippen molar-refractivity contribution >= 4 is 27.9 Å². The van der Waals surface area contributed by atoms with Crippen LogP contribution >= 0.6 is 15.9 Å². The fourth-order valence-electron chi connectivity index (χ4n) is 1.05. The predicted octanol–water partition coefficient (Wildman–Crippen LogP) is 1.46. The standard InChI is InChI=1S/C10H11BrN2O2/c1-15-9-4-3-8(11)6-7(9)2-5-10(14)13-12/h2-6H,12H2,1H3,(H,13,14). The molecule has 1 amide bonds. The normalized spacial score (nSPS) is 10.3. The van der Waals surface area contributed by atoms with Gasteiger partial charge in [-0.05, 0) is 24.3 Å². The summed E-state index contributed by atoms with van der Waals surface area (Å²) in [7, 11) is 1.57. The van der Waals surface area contributed by atoms with Crippen molar-refractivity contribution < 1.29 is 9.53 Å². The van der Waals surface area contributed by atoms with E-state index in [0.29, 0.717) is 5.75 Å². The highest BCUT2D eigenvalue weighted by molar-refractivity contribution is 9.10. The minimum absolute atomic E-state index is 0.364. The van der Waals surface area contributed by atoms with Crippen LogP contribution in [0.25, 0.3) is 6.08 Å². The lowest BCUT2D eigenvalue weighted by Gasteiger charge is -2.04. The molecule has 0 saturated carbocycles. The van der Waals surface area contributed by atoms with Gasteiger partial charge in [0.1, 0.15) is 5.75 Å². The van der Waals surface area contributed by atoms with Gasteiger partial charge in [0, 0.05) is 16.1 Å². The van der Waals surface area contributed by atoms with Crippen molar-refractivity contribution in [3.8, 4) is 5.75 Å². The zero-order chi connectivity index (χ0) is 11.3. The van der Waals surface area contributed by atoms with Crippen LogP contribution in [-0.4, -0.2) is 13.0 Å². The SMILES string of the molecule is COc1ccc(Br)cc1C=CC(=O)NN. The maximum absolute atomic E-state index is 10.9. The Labute approximate surface area is 96.2 Å². The summed E-state index contributed by atoms with van der Waals surface area (Å²) in [5.74, 6) is 5.28. The summed E-state index contributed by atoms with van der Waals surface area (Å²) >= 11 is 3.33. The lowest BCUT2D eigenvalue weighted by atomic mass is 10.2. The summed E-state index contributed by atoms with van der Waals surface area (Å²) in [4.78, 5) is 10.9. The van der Waals surface area contributed by atoms with Crippen molar-refractivity contribution in [1.82, 2.24) is 5.43 Å². The van der Waals surface area contributed by atoms with E-state index in [1.807, 2.05) is 23.6 Å². The molecule has 0 saturated heterocycles. The Morgan fingerprint density at radius 1 is 1.60 bits per heavy atom. The number of carbonyl (C=O) groups is 1. The van der Waals surface area contributed by atoms with Gasteiger partial charge >= 0.3 is 0 Å². The summed E-state index contributed by atoms with van der Waals surface area (Å²) in [5.41, 5.74) is 2.81. The molecule has 1 rings (SSSR count). The summed E-state index contributed by atoms with van der Waals surface area (Å²) in [5, 5.41) is 0. The maximum atomic E-state index is 10.9. The average Bonchev–Trinajstić information content (AvgIpc) is 2.26. The number of rotatable bonds is 3. The van der Waals surface area contributed by atoms with Crippen LogP contribution in [-0.2, 0) is 4.79 Å². The van der Waals surface area contributed by atoms with Gasteiger partial charge < -0.3 is 4.74 Å². The number of nitrogens with two attached hydrogens (primary N) is 1. The first-order valence-corrected chi connectivity index (χ1v) is 4.99. The van der Waals surface area contributed by atoms with Gasteiger partial charge in [-0.2, -0.15) is 0 Å². The van der Waals surface area contributed by atoms with Gasteiger partial charge in [-0.25, -0.2) is 5.84 Å². The Morgan fingerprint density at radius 3 is 2.93 bits per heavy atom. The Balaban J connectivity index is 2.96. The van der Waals surface area contributed by atoms with Gasteiger partial charge in [0.05, 0.1) is 7.11 Å². The molecule has 0 atom stereocenters. The molecule has 1 aromatic rings. The second kappa shape index (κ2) is 5.53. The van der Waals surface area contributed by atoms with E-state index < -0.39 is 0 Å². The molecule has 0 aliphatic carbocycles. The van der Waals surface area contributed by atoms with Gasteiger partial charge in [-0.3, -0.25) is 10.2 Å². The number of carbonyl (C=O) groups excluding carboxylic acids is 1. The van der Waals surface area contributed by atoms with Crippen LogP contribution in [0.2, 0.25) is 0 Å². The minimum Gasteiger partial charge on any atom is -0.496 e. The molecule has 0 aromatic heterocycles. The van der Waals surface area contributed by atoms with E-state index >= 15 is 0 Å². The van der Waals surface area contributed by atoms with Gasteiger partial charge in [0.15, 0.2) is 0 Å². The van der Waals surface area contributed by atoms with Gasteiger partial charge in [-0.1, -0.05) is 15.9 Å². The quantitative estimate of drug-likeness (QED) is 0.378. The topological polar surface area (TPSA) is 64.3 Å². The lowest BCUT2D eigenvalue weighted by Crippen LogP contribution is -2.27. The molecule has 0 unspecified atom stereocenters. The number of benzene rings is 1. The molecule has 5 heteroatoms. The van der Waals surface area contributed by atoms with E-state index in [-0.39, 0.29) is 5.91 Å². The molecule has 0 spiro atoms. The minimum atomic E-state index is -0.364. The number of hydrazine groups is 1. The van der Waals surface area contributed by atoms with Crippen LogP contribution in [0.3, 0.4) is 0 Å². The monoisotopic (exact) mass is 270 g/mol. The third-order valence-electron chi connectivity index (χ3n) is 1.75. The van der Waals surface area contributed by atoms with E-state index in [2.05, 4.69) is 15.9 Å². The summed E-state index contributed by atoms with van der Waals surface area (Å²) in [6.07, 6.45) is 2.97. The van der Waals surface area contributed by atoms with Crippen molar-refractivity contribution in [2.45, 2.75) is 0 Å². The van der Waals surface area contributed by atoms with Crippen LogP contribution in [0.15, 0.2) is 28.7 Å². The smallest absolute Gasteiger partial charge is 0.257 e. The van der Waals surface area contributed by atoms with Crippen molar-refractivity contribution in [3.05, 3.63) is 34.3 Å². The predicted molar refractivity (Wildman–Crippen MR) is 62.1 cm³/mol. The maximum Gasteiger partial charge on any atom is 0.257 e. The molecule has 80 valence electrons. The Morgan fingerprint density at radius 2 is 2.33 bits per heavy atom. The highest BCUT2D eigenvalue weighted by Gasteiger charge is 2.00. The summed E-state index contributed by atoms with van der Waals surface area (Å²) in [6.45, 7) is 0. The second-order valence-electron chi connectivity index (χ2n) is 2.73. The van der Waals surface area contributed by atoms with Crippen LogP contribution in [0.1, 0.15) is 5.56 Å². The van der Waals surface area contributed by atoms with Crippen molar-refractivity contribution in [1.29, 1.82) is 0 Å². The van der Waals surface area contributed by atoms with Crippen molar-refractivity contribution in [2.24, 2.45) is 5.84 Å². The molecule has 15 heavy (non-hydrogen) atoms. The van der Waals surface area contributed by atoms with Crippen molar-refractivity contribution in [2.75, 3.05) is 7.11 Å². The first-order valence-electron chi connectivity index (χ1n) is 4.19. The molecule has 0 fully saturated rings. The number of amides is 1. The zero-order valence-corrected chi connectivity index (χ0v) is 9.74. The van der Waals surface area contributed by atoms with Gasteiger partial charge in [-0.15, -0.1) is 0 Å². The third kappa shape index (κ3) is 3.38. The Hall–Kier alpha value is -1.33. The molecular weight excluding hydrogens is 260 g/mol. The number of ether oxygens (including phenoxy) is 1. The van der Waals surface area contributed by atoms with E-state index in [4.69, 9.17) is 10.6 Å². The van der Waals surface area contributed by atoms with Crippen LogP contribution in [0, 0.1) is 0 Å². The van der Waals surface area contributed by atoms with E-state index in [1.54, 1.807) is 13.2 Å². The molecule has 0 aliphatic heterocycles. The van der Waals surface area contributed by atoms with E-state index in [9.17, 15) is 4.79 Å². The van der Waals surface area contributed by atoms with E-state index in [0.717, 1.165) is 10.0 Å². The third-order valence-corrected chi connectivity index (χ3v) is 2.24. The number of nitrogens with one attached hydrogen (secondary N) is 1. The van der Waals surface area contributed by atoms with Crippen LogP contribution in [0.4, 0.5) is 0 Å². The fourth-order valence-corrected chi connectivity index (χ4v) is 1.43. The number of methoxy groups -OCH3 is 1. The molecule has 0 radical (unpaired) electrons. The number of hydrogen-bond donors (Lipinski definition) is 2. The largest absolute Gasteiger partial charge is 0.496 e. The summed E-state index contributed by atoms with van der Waals surface area (Å²) in [6, 6.07) is 5.52. The van der Waals surface area contributed by atoms with Gasteiger partial charge in [0.2, 0.25) is 0 Å². The Kier molecular flexibility index (Phi) is 4.33. The molecule has 1 aromatic carbocycles. The fraction of sp³-hybridized carbons (Fsp3) is 0.100. The first-order chi connectivity index (χ1) is 7.17. The molecule has 3 N–H and O–H groups in total. The van der Waals surface area contributed by atoms with Gasteiger partial charge in [0.25, 0.3) is 5.91 Å². The first kappa shape index (κ1) is 11.7.